The van der Waals surface area contributed by atoms with E-state index in [2.05, 4.69) is 39.7 Å². The summed E-state index contributed by atoms with van der Waals surface area (Å²) in [6.45, 7) is 4.43. The van der Waals surface area contributed by atoms with Gasteiger partial charge in [0.25, 0.3) is 0 Å². The first kappa shape index (κ1) is 10.1. The number of rotatable bonds is 3. The zero-order valence-electron chi connectivity index (χ0n) is 8.63. The van der Waals surface area contributed by atoms with Crippen LogP contribution in [0, 0.1) is 5.92 Å². The fourth-order valence-electron chi connectivity index (χ4n) is 1.53. The molecule has 2 nitrogen and oxygen atoms in total. The Labute approximate surface area is 93.3 Å². The molecule has 3 heteroatoms. The van der Waals surface area contributed by atoms with Gasteiger partial charge < -0.3 is 0 Å². The molecule has 1 aromatic rings. The molecule has 0 N–H and O–H groups in total. The van der Waals surface area contributed by atoms with Crippen LogP contribution >= 0.6 is 15.9 Å². The molecule has 2 rings (SSSR count). The van der Waals surface area contributed by atoms with Gasteiger partial charge in [-0.2, -0.15) is 0 Å². The molecule has 76 valence electrons. The van der Waals surface area contributed by atoms with E-state index in [9.17, 15) is 0 Å². The third-order valence-electron chi connectivity index (χ3n) is 2.33. The van der Waals surface area contributed by atoms with Crippen LogP contribution in [0.3, 0.4) is 0 Å². The molecule has 14 heavy (non-hydrogen) atoms. The number of aromatic nitrogens is 2. The largest absolute Gasteiger partial charge is 0.238 e. The van der Waals surface area contributed by atoms with Crippen LogP contribution in [0.1, 0.15) is 44.1 Å². The Morgan fingerprint density at radius 2 is 2.14 bits per heavy atom. The molecule has 0 spiro atoms. The minimum atomic E-state index is 0.637. The number of halogens is 1. The van der Waals surface area contributed by atoms with E-state index in [4.69, 9.17) is 0 Å². The topological polar surface area (TPSA) is 25.8 Å². The van der Waals surface area contributed by atoms with Crippen molar-refractivity contribution in [2.24, 2.45) is 5.92 Å². The zero-order valence-corrected chi connectivity index (χ0v) is 10.2. The normalized spacial score (nSPS) is 16.3. The van der Waals surface area contributed by atoms with Crippen LogP contribution < -0.4 is 0 Å². The minimum absolute atomic E-state index is 0.637. The van der Waals surface area contributed by atoms with Crippen LogP contribution in [0.15, 0.2) is 10.7 Å². The Morgan fingerprint density at radius 3 is 2.71 bits per heavy atom. The molecule has 0 aliphatic heterocycles. The van der Waals surface area contributed by atoms with Crippen molar-refractivity contribution in [3.63, 3.8) is 0 Å². The summed E-state index contributed by atoms with van der Waals surface area (Å²) in [5.74, 6) is 2.33. The molecule has 0 saturated heterocycles. The maximum atomic E-state index is 4.59. The number of nitrogens with zero attached hydrogens (tertiary/aromatic N) is 2. The van der Waals surface area contributed by atoms with Gasteiger partial charge in [0.15, 0.2) is 0 Å². The summed E-state index contributed by atoms with van der Waals surface area (Å²) in [5.41, 5.74) is 1.17. The first-order valence-electron chi connectivity index (χ1n) is 5.18. The van der Waals surface area contributed by atoms with Gasteiger partial charge in [-0.1, -0.05) is 13.8 Å². The fourth-order valence-corrected chi connectivity index (χ4v) is 1.98. The van der Waals surface area contributed by atoms with Crippen LogP contribution in [0.5, 0.6) is 0 Å². The van der Waals surface area contributed by atoms with Crippen LogP contribution in [0.2, 0.25) is 0 Å². The maximum Gasteiger partial charge on any atom is 0.132 e. The lowest BCUT2D eigenvalue weighted by Crippen LogP contribution is -2.02. The van der Waals surface area contributed by atoms with Crippen molar-refractivity contribution in [2.45, 2.75) is 39.0 Å². The Morgan fingerprint density at radius 1 is 1.43 bits per heavy atom. The third-order valence-corrected chi connectivity index (χ3v) is 2.73. The van der Waals surface area contributed by atoms with Crippen molar-refractivity contribution in [1.29, 1.82) is 0 Å². The van der Waals surface area contributed by atoms with Gasteiger partial charge in [-0.25, -0.2) is 9.97 Å². The predicted molar refractivity (Wildman–Crippen MR) is 60.2 cm³/mol. The van der Waals surface area contributed by atoms with Crippen molar-refractivity contribution in [3.8, 4) is 0 Å². The summed E-state index contributed by atoms with van der Waals surface area (Å²) in [6.07, 6.45) is 3.57. The predicted octanol–water partition coefficient (Wildman–Crippen LogP) is 3.32. The van der Waals surface area contributed by atoms with Crippen molar-refractivity contribution in [3.05, 3.63) is 22.2 Å². The number of hydrogen-bond donors (Lipinski definition) is 0. The zero-order chi connectivity index (χ0) is 10.1. The standard InChI is InChI=1S/C11H15BrN2/c1-7(2)5-9-6-10(12)14-11(13-9)8-3-4-8/h6-8H,3-5H2,1-2H3. The minimum Gasteiger partial charge on any atom is -0.238 e. The van der Waals surface area contributed by atoms with Crippen LogP contribution in [-0.2, 0) is 6.42 Å². The van der Waals surface area contributed by atoms with E-state index in [1.54, 1.807) is 0 Å². The average Bonchev–Trinajstić information content (AvgIpc) is 2.82. The van der Waals surface area contributed by atoms with E-state index < -0.39 is 0 Å². The molecule has 0 atom stereocenters. The van der Waals surface area contributed by atoms with Crippen LogP contribution in [-0.4, -0.2) is 9.97 Å². The Balaban J connectivity index is 2.22. The summed E-state index contributed by atoms with van der Waals surface area (Å²) >= 11 is 3.45. The van der Waals surface area contributed by atoms with E-state index >= 15 is 0 Å². The van der Waals surface area contributed by atoms with Gasteiger partial charge in [-0.3, -0.25) is 0 Å². The molecule has 1 saturated carbocycles. The van der Waals surface area contributed by atoms with Crippen LogP contribution in [0.4, 0.5) is 0 Å². The van der Waals surface area contributed by atoms with Gasteiger partial charge in [0.2, 0.25) is 0 Å². The van der Waals surface area contributed by atoms with Crippen molar-refractivity contribution < 1.29 is 0 Å². The highest BCUT2D eigenvalue weighted by Crippen LogP contribution is 2.38. The highest BCUT2D eigenvalue weighted by atomic mass is 79.9. The van der Waals surface area contributed by atoms with E-state index in [0.29, 0.717) is 11.8 Å². The average molecular weight is 255 g/mol. The molecule has 0 unspecified atom stereocenters. The Bertz CT molecular complexity index is 332. The molecule has 0 aromatic carbocycles. The van der Waals surface area contributed by atoms with Gasteiger partial charge in [-0.15, -0.1) is 0 Å². The molecule has 1 aliphatic rings. The van der Waals surface area contributed by atoms with E-state index in [-0.39, 0.29) is 0 Å². The summed E-state index contributed by atoms with van der Waals surface area (Å²) in [5, 5.41) is 0. The van der Waals surface area contributed by atoms with Gasteiger partial charge in [0, 0.05) is 11.6 Å². The Hall–Kier alpha value is -0.440. The van der Waals surface area contributed by atoms with E-state index in [1.165, 1.54) is 18.5 Å². The van der Waals surface area contributed by atoms with Crippen molar-refractivity contribution >= 4 is 15.9 Å². The molecule has 1 heterocycles. The fraction of sp³-hybridized carbons (Fsp3) is 0.636. The summed E-state index contributed by atoms with van der Waals surface area (Å²) in [6, 6.07) is 2.03. The summed E-state index contributed by atoms with van der Waals surface area (Å²) in [7, 11) is 0. The highest BCUT2D eigenvalue weighted by molar-refractivity contribution is 9.10. The maximum absolute atomic E-state index is 4.59. The molecule has 1 aromatic heterocycles. The van der Waals surface area contributed by atoms with E-state index in [0.717, 1.165) is 16.8 Å². The quantitative estimate of drug-likeness (QED) is 0.774. The van der Waals surface area contributed by atoms with Crippen molar-refractivity contribution in [2.75, 3.05) is 0 Å². The second-order valence-electron chi connectivity index (χ2n) is 4.41. The van der Waals surface area contributed by atoms with Gasteiger partial charge in [-0.05, 0) is 47.2 Å². The molecular weight excluding hydrogens is 240 g/mol. The van der Waals surface area contributed by atoms with Gasteiger partial charge >= 0.3 is 0 Å². The molecule has 0 bridgehead atoms. The SMILES string of the molecule is CC(C)Cc1cc(Br)nc(C2CC2)n1. The molecule has 0 amide bonds. The Kier molecular flexibility index (Phi) is 2.86. The second kappa shape index (κ2) is 3.97. The first-order valence-corrected chi connectivity index (χ1v) is 5.98. The molecule has 1 fully saturated rings. The summed E-state index contributed by atoms with van der Waals surface area (Å²) in [4.78, 5) is 9.00. The first-order chi connectivity index (χ1) is 6.65. The lowest BCUT2D eigenvalue weighted by atomic mass is 10.1. The lowest BCUT2D eigenvalue weighted by Gasteiger charge is -2.06. The van der Waals surface area contributed by atoms with Gasteiger partial charge in [0.05, 0.1) is 0 Å². The lowest BCUT2D eigenvalue weighted by molar-refractivity contribution is 0.629. The highest BCUT2D eigenvalue weighted by Gasteiger charge is 2.27. The smallest absolute Gasteiger partial charge is 0.132 e. The molecule has 1 aliphatic carbocycles. The van der Waals surface area contributed by atoms with E-state index in [1.807, 2.05) is 6.07 Å². The number of hydrogen-bond acceptors (Lipinski definition) is 2. The summed E-state index contributed by atoms with van der Waals surface area (Å²) < 4.78 is 0.935. The second-order valence-corrected chi connectivity index (χ2v) is 5.22. The van der Waals surface area contributed by atoms with Gasteiger partial charge in [0.1, 0.15) is 10.4 Å². The van der Waals surface area contributed by atoms with Crippen LogP contribution in [0.25, 0.3) is 0 Å². The monoisotopic (exact) mass is 254 g/mol. The molecular formula is C11H15BrN2. The molecule has 0 radical (unpaired) electrons. The van der Waals surface area contributed by atoms with Crippen molar-refractivity contribution in [1.82, 2.24) is 9.97 Å². The third kappa shape index (κ3) is 2.53.